The zero-order valence-corrected chi connectivity index (χ0v) is 8.86. The van der Waals surface area contributed by atoms with Crippen LogP contribution in [0.2, 0.25) is 0 Å². The molecular formula is C11H12N2O3. The van der Waals surface area contributed by atoms with E-state index in [4.69, 9.17) is 10.00 Å². The fourth-order valence-corrected chi connectivity index (χ4v) is 1.18. The van der Waals surface area contributed by atoms with E-state index in [-0.39, 0.29) is 24.6 Å². The molecule has 2 N–H and O–H groups in total. The van der Waals surface area contributed by atoms with E-state index < -0.39 is 0 Å². The molecular weight excluding hydrogens is 208 g/mol. The molecule has 1 aromatic carbocycles. The number of carbonyl (C=O) groups is 1. The molecule has 16 heavy (non-hydrogen) atoms. The van der Waals surface area contributed by atoms with Gasteiger partial charge in [-0.15, -0.1) is 0 Å². The van der Waals surface area contributed by atoms with Gasteiger partial charge in [0.15, 0.2) is 11.5 Å². The number of amides is 1. The number of rotatable bonds is 4. The summed E-state index contributed by atoms with van der Waals surface area (Å²) < 4.78 is 4.88. The van der Waals surface area contributed by atoms with Gasteiger partial charge in [0.1, 0.15) is 6.42 Å². The highest BCUT2D eigenvalue weighted by Gasteiger charge is 2.04. The summed E-state index contributed by atoms with van der Waals surface area (Å²) in [5.74, 6) is 0.0689. The zero-order valence-electron chi connectivity index (χ0n) is 8.86. The van der Waals surface area contributed by atoms with E-state index in [2.05, 4.69) is 5.32 Å². The third-order valence-corrected chi connectivity index (χ3v) is 1.97. The molecule has 0 radical (unpaired) electrons. The third-order valence-electron chi connectivity index (χ3n) is 1.97. The minimum atomic E-state index is -0.335. The Morgan fingerprint density at radius 1 is 1.62 bits per heavy atom. The van der Waals surface area contributed by atoms with Crippen LogP contribution in [-0.2, 0) is 11.3 Å². The summed E-state index contributed by atoms with van der Waals surface area (Å²) in [6.07, 6.45) is -0.165. The Hall–Kier alpha value is -2.22. The van der Waals surface area contributed by atoms with Crippen molar-refractivity contribution in [2.75, 3.05) is 7.11 Å². The SMILES string of the molecule is COc1ccc(CNC(=O)CC#N)cc1O. The van der Waals surface area contributed by atoms with Gasteiger partial charge in [0, 0.05) is 6.54 Å². The van der Waals surface area contributed by atoms with Gasteiger partial charge in [0.25, 0.3) is 0 Å². The molecule has 0 aliphatic rings. The number of nitrogens with zero attached hydrogens (tertiary/aromatic N) is 1. The number of hydrogen-bond donors (Lipinski definition) is 2. The van der Waals surface area contributed by atoms with E-state index in [0.717, 1.165) is 5.56 Å². The second-order valence-corrected chi connectivity index (χ2v) is 3.12. The summed E-state index contributed by atoms with van der Waals surface area (Å²) in [4.78, 5) is 11.0. The molecule has 0 unspecified atom stereocenters. The maximum atomic E-state index is 11.0. The van der Waals surface area contributed by atoms with Crippen LogP contribution in [0.1, 0.15) is 12.0 Å². The van der Waals surface area contributed by atoms with Gasteiger partial charge in [0.05, 0.1) is 13.2 Å². The van der Waals surface area contributed by atoms with Crippen LogP contribution in [0.5, 0.6) is 11.5 Å². The van der Waals surface area contributed by atoms with Crippen LogP contribution in [0.4, 0.5) is 0 Å². The van der Waals surface area contributed by atoms with Crippen LogP contribution >= 0.6 is 0 Å². The van der Waals surface area contributed by atoms with Crippen LogP contribution in [-0.4, -0.2) is 18.1 Å². The Labute approximate surface area is 93.3 Å². The smallest absolute Gasteiger partial charge is 0.234 e. The van der Waals surface area contributed by atoms with Crippen molar-refractivity contribution in [2.24, 2.45) is 0 Å². The Bertz CT molecular complexity index is 424. The molecule has 0 aliphatic carbocycles. The van der Waals surface area contributed by atoms with Crippen molar-refractivity contribution in [2.45, 2.75) is 13.0 Å². The molecule has 0 aromatic heterocycles. The second kappa shape index (κ2) is 5.61. The number of methoxy groups -OCH3 is 1. The van der Waals surface area contributed by atoms with Gasteiger partial charge < -0.3 is 15.2 Å². The first-order chi connectivity index (χ1) is 7.67. The minimum absolute atomic E-state index is 0.0227. The fraction of sp³-hybridized carbons (Fsp3) is 0.273. The number of nitrogens with one attached hydrogen (secondary N) is 1. The molecule has 1 rings (SSSR count). The molecule has 0 spiro atoms. The average molecular weight is 220 g/mol. The lowest BCUT2D eigenvalue weighted by atomic mass is 10.2. The molecule has 84 valence electrons. The number of carbonyl (C=O) groups excluding carboxylic acids is 1. The van der Waals surface area contributed by atoms with Crippen LogP contribution in [0.15, 0.2) is 18.2 Å². The van der Waals surface area contributed by atoms with E-state index in [1.807, 2.05) is 0 Å². The highest BCUT2D eigenvalue weighted by molar-refractivity contribution is 5.77. The van der Waals surface area contributed by atoms with E-state index in [0.29, 0.717) is 5.75 Å². The zero-order chi connectivity index (χ0) is 12.0. The van der Waals surface area contributed by atoms with Gasteiger partial charge in [-0.2, -0.15) is 5.26 Å². The summed E-state index contributed by atoms with van der Waals surface area (Å²) in [5, 5.41) is 20.3. The highest BCUT2D eigenvalue weighted by atomic mass is 16.5. The van der Waals surface area contributed by atoms with Gasteiger partial charge in [0.2, 0.25) is 5.91 Å². The Morgan fingerprint density at radius 2 is 2.38 bits per heavy atom. The molecule has 1 aromatic rings. The molecule has 0 heterocycles. The Balaban J connectivity index is 2.59. The lowest BCUT2D eigenvalue weighted by molar-refractivity contribution is -0.120. The normalized spacial score (nSPS) is 9.25. The van der Waals surface area contributed by atoms with E-state index in [1.54, 1.807) is 18.2 Å². The van der Waals surface area contributed by atoms with Crippen LogP contribution in [0.25, 0.3) is 0 Å². The Morgan fingerprint density at radius 3 is 2.94 bits per heavy atom. The number of hydrogen-bond acceptors (Lipinski definition) is 4. The van der Waals surface area contributed by atoms with Crippen molar-refractivity contribution in [1.82, 2.24) is 5.32 Å². The standard InChI is InChI=1S/C11H12N2O3/c1-16-10-3-2-8(6-9(10)14)7-13-11(15)4-5-12/h2-3,6,14H,4,7H2,1H3,(H,13,15). The maximum Gasteiger partial charge on any atom is 0.234 e. The van der Waals surface area contributed by atoms with E-state index in [9.17, 15) is 9.90 Å². The molecule has 0 bridgehead atoms. The molecule has 0 saturated carbocycles. The maximum absolute atomic E-state index is 11.0. The highest BCUT2D eigenvalue weighted by Crippen LogP contribution is 2.25. The largest absolute Gasteiger partial charge is 0.504 e. The summed E-state index contributed by atoms with van der Waals surface area (Å²) in [6.45, 7) is 0.276. The summed E-state index contributed by atoms with van der Waals surface area (Å²) >= 11 is 0. The molecule has 0 atom stereocenters. The first-order valence-electron chi connectivity index (χ1n) is 4.67. The summed E-state index contributed by atoms with van der Waals surface area (Å²) in [7, 11) is 1.46. The molecule has 5 heteroatoms. The molecule has 5 nitrogen and oxygen atoms in total. The van der Waals surface area contributed by atoms with Crippen LogP contribution in [0.3, 0.4) is 0 Å². The number of ether oxygens (including phenoxy) is 1. The van der Waals surface area contributed by atoms with Crippen molar-refractivity contribution in [3.8, 4) is 17.6 Å². The average Bonchev–Trinajstić information content (AvgIpc) is 2.27. The number of aromatic hydroxyl groups is 1. The van der Waals surface area contributed by atoms with Gasteiger partial charge >= 0.3 is 0 Å². The Kier molecular flexibility index (Phi) is 4.16. The number of phenols is 1. The van der Waals surface area contributed by atoms with Crippen molar-refractivity contribution in [3.05, 3.63) is 23.8 Å². The van der Waals surface area contributed by atoms with Crippen LogP contribution in [0, 0.1) is 11.3 Å². The van der Waals surface area contributed by atoms with Crippen molar-refractivity contribution < 1.29 is 14.6 Å². The van der Waals surface area contributed by atoms with E-state index >= 15 is 0 Å². The van der Waals surface area contributed by atoms with E-state index in [1.165, 1.54) is 13.2 Å². The first-order valence-corrected chi connectivity index (χ1v) is 4.67. The van der Waals surface area contributed by atoms with Gasteiger partial charge in [-0.25, -0.2) is 0 Å². The summed E-state index contributed by atoms with van der Waals surface area (Å²) in [6, 6.07) is 6.60. The topological polar surface area (TPSA) is 82.3 Å². The predicted molar refractivity (Wildman–Crippen MR) is 56.7 cm³/mol. The minimum Gasteiger partial charge on any atom is -0.504 e. The number of phenolic OH excluding ortho intramolecular Hbond substituents is 1. The monoisotopic (exact) mass is 220 g/mol. The summed E-state index contributed by atoms with van der Waals surface area (Å²) in [5.41, 5.74) is 0.740. The second-order valence-electron chi connectivity index (χ2n) is 3.12. The van der Waals surface area contributed by atoms with Gasteiger partial charge in [-0.1, -0.05) is 6.07 Å². The van der Waals surface area contributed by atoms with Crippen LogP contribution < -0.4 is 10.1 Å². The van der Waals surface area contributed by atoms with Gasteiger partial charge in [-0.3, -0.25) is 4.79 Å². The number of nitriles is 1. The van der Waals surface area contributed by atoms with Crippen molar-refractivity contribution >= 4 is 5.91 Å². The molecule has 0 saturated heterocycles. The van der Waals surface area contributed by atoms with Crippen molar-refractivity contribution in [1.29, 1.82) is 5.26 Å². The quantitative estimate of drug-likeness (QED) is 0.790. The molecule has 1 amide bonds. The first kappa shape index (κ1) is 11.9. The lowest BCUT2D eigenvalue weighted by Crippen LogP contribution is -2.21. The molecule has 0 aliphatic heterocycles. The van der Waals surface area contributed by atoms with Gasteiger partial charge in [-0.05, 0) is 17.7 Å². The fourth-order valence-electron chi connectivity index (χ4n) is 1.18. The third kappa shape index (κ3) is 3.17. The number of benzene rings is 1. The lowest BCUT2D eigenvalue weighted by Gasteiger charge is -2.06. The van der Waals surface area contributed by atoms with Crippen molar-refractivity contribution in [3.63, 3.8) is 0 Å². The predicted octanol–water partition coefficient (Wildman–Crippen LogP) is 0.931. The molecule has 0 fully saturated rings.